The number of halogens is 1. The summed E-state index contributed by atoms with van der Waals surface area (Å²) >= 11 is 7.37. The average Bonchev–Trinajstić information content (AvgIpc) is 1.66. The third-order valence-electron chi connectivity index (χ3n) is 0.587. The quantitative estimate of drug-likeness (QED) is 0.438. The topological polar surface area (TPSA) is 0 Å². The molecule has 0 aromatic carbocycles. The Kier molecular flexibility index (Phi) is 6.23. The van der Waals surface area contributed by atoms with Gasteiger partial charge in [0.2, 0.25) is 0 Å². The van der Waals surface area contributed by atoms with Crippen LogP contribution in [-0.2, 0) is 0 Å². The molecule has 0 saturated heterocycles. The lowest BCUT2D eigenvalue weighted by atomic mass is 10.6. The minimum Gasteiger partial charge on any atom is -0.160 e. The summed E-state index contributed by atoms with van der Waals surface area (Å²) in [7, 11) is 0. The van der Waals surface area contributed by atoms with Crippen molar-refractivity contribution in [3.8, 4) is 0 Å². The molecule has 0 aromatic heterocycles. The molecule has 8 heavy (non-hydrogen) atoms. The Bertz CT molecular complexity index is 45.8. The van der Waals surface area contributed by atoms with Gasteiger partial charge < -0.3 is 0 Å². The van der Waals surface area contributed by atoms with Crippen molar-refractivity contribution in [2.24, 2.45) is 0 Å². The van der Waals surface area contributed by atoms with E-state index >= 15 is 0 Å². The van der Waals surface area contributed by atoms with Gasteiger partial charge in [0.15, 0.2) is 0 Å². The second-order valence-electron chi connectivity index (χ2n) is 1.53. The van der Waals surface area contributed by atoms with E-state index in [1.807, 2.05) is 0 Å². The zero-order chi connectivity index (χ0) is 6.41. The summed E-state index contributed by atoms with van der Waals surface area (Å²) in [6.07, 6.45) is 0.980. The minimum absolute atomic E-state index is 0.0616. The number of thioether (sulfide) groups is 1. The van der Waals surface area contributed by atoms with E-state index in [1.165, 1.54) is 0 Å². The van der Waals surface area contributed by atoms with E-state index in [-0.39, 0.29) is 5.38 Å². The summed E-state index contributed by atoms with van der Waals surface area (Å²) in [5.41, 5.74) is 0. The van der Waals surface area contributed by atoms with Crippen molar-refractivity contribution in [1.82, 2.24) is 0 Å². The molecule has 0 N–H and O–H groups in total. The maximum absolute atomic E-state index is 5.56. The summed E-state index contributed by atoms with van der Waals surface area (Å²) in [4.78, 5) is 0. The molecule has 0 bridgehead atoms. The molecule has 0 aliphatic heterocycles. The summed E-state index contributed by atoms with van der Waals surface area (Å²) in [5, 5.41) is 0.0616. The number of hydrogen-bond acceptors (Lipinski definition) is 1. The standard InChI is InChI=1S/C6H11ClS/c1-3-4-8-5-6(2)7/h6H,1-5H2. The lowest BCUT2D eigenvalue weighted by molar-refractivity contribution is 1.21. The van der Waals surface area contributed by atoms with Crippen LogP contribution in [0.4, 0.5) is 0 Å². The normalized spacial score (nSPS) is 13.9. The first-order valence-electron chi connectivity index (χ1n) is 2.61. The van der Waals surface area contributed by atoms with Gasteiger partial charge in [-0.3, -0.25) is 0 Å². The summed E-state index contributed by atoms with van der Waals surface area (Å²) in [5.74, 6) is 2.04. The van der Waals surface area contributed by atoms with Crippen LogP contribution in [0.15, 0.2) is 0 Å². The molecule has 0 saturated carbocycles. The van der Waals surface area contributed by atoms with Crippen LogP contribution in [-0.4, -0.2) is 16.9 Å². The van der Waals surface area contributed by atoms with Crippen LogP contribution in [0.2, 0.25) is 0 Å². The molecule has 2 heteroatoms. The molecule has 2 radical (unpaired) electrons. The Balaban J connectivity index is 2.72. The Morgan fingerprint density at radius 2 is 2.25 bits per heavy atom. The summed E-state index contributed by atoms with van der Waals surface area (Å²) in [6.45, 7) is 7.33. The molecule has 0 aliphatic rings. The molecule has 0 aliphatic carbocycles. The van der Waals surface area contributed by atoms with E-state index in [2.05, 4.69) is 13.8 Å². The molecule has 0 spiro atoms. The Labute approximate surface area is 61.0 Å². The lowest BCUT2D eigenvalue weighted by Gasteiger charge is -1.98. The zero-order valence-electron chi connectivity index (χ0n) is 4.90. The molecule has 48 valence electrons. The van der Waals surface area contributed by atoms with Gasteiger partial charge in [0.25, 0.3) is 0 Å². The van der Waals surface area contributed by atoms with Gasteiger partial charge in [0, 0.05) is 11.1 Å². The van der Waals surface area contributed by atoms with Crippen LogP contribution in [0.25, 0.3) is 0 Å². The molecule has 1 atom stereocenters. The molecule has 0 aromatic rings. The molecule has 1 unspecified atom stereocenters. The van der Waals surface area contributed by atoms with Crippen molar-refractivity contribution in [3.05, 3.63) is 13.8 Å². The maximum atomic E-state index is 5.56. The van der Waals surface area contributed by atoms with E-state index in [0.717, 1.165) is 17.9 Å². The van der Waals surface area contributed by atoms with E-state index in [1.54, 1.807) is 11.8 Å². The van der Waals surface area contributed by atoms with Crippen molar-refractivity contribution in [1.29, 1.82) is 0 Å². The number of rotatable bonds is 4. The molecule has 0 amide bonds. The van der Waals surface area contributed by atoms with Crippen molar-refractivity contribution in [3.63, 3.8) is 0 Å². The van der Waals surface area contributed by atoms with E-state index in [9.17, 15) is 0 Å². The minimum atomic E-state index is 0.0616. The lowest BCUT2D eigenvalue weighted by Crippen LogP contribution is -1.94. The summed E-state index contributed by atoms with van der Waals surface area (Å²) < 4.78 is 0. The third kappa shape index (κ3) is 6.64. The fraction of sp³-hybridized carbons (Fsp3) is 0.667. The number of hydrogen-bond donors (Lipinski definition) is 0. The largest absolute Gasteiger partial charge is 0.160 e. The predicted molar refractivity (Wildman–Crippen MR) is 42.3 cm³/mol. The van der Waals surface area contributed by atoms with Gasteiger partial charge in [-0.2, -0.15) is 11.8 Å². The van der Waals surface area contributed by atoms with Crippen LogP contribution in [0, 0.1) is 13.8 Å². The molecular weight excluding hydrogens is 140 g/mol. The van der Waals surface area contributed by atoms with Gasteiger partial charge in [-0.05, 0) is 19.1 Å². The second kappa shape index (κ2) is 5.77. The van der Waals surface area contributed by atoms with Crippen molar-refractivity contribution in [2.45, 2.75) is 11.8 Å². The highest BCUT2D eigenvalue weighted by atomic mass is 35.5. The predicted octanol–water partition coefficient (Wildman–Crippen LogP) is 2.39. The molecule has 0 rings (SSSR count). The fourth-order valence-corrected chi connectivity index (χ4v) is 1.21. The third-order valence-corrected chi connectivity index (χ3v) is 2.14. The monoisotopic (exact) mass is 150 g/mol. The van der Waals surface area contributed by atoms with E-state index in [4.69, 9.17) is 11.6 Å². The van der Waals surface area contributed by atoms with Crippen LogP contribution in [0.1, 0.15) is 6.42 Å². The van der Waals surface area contributed by atoms with Crippen molar-refractivity contribution < 1.29 is 0 Å². The van der Waals surface area contributed by atoms with Crippen molar-refractivity contribution >= 4 is 23.4 Å². The number of alkyl halides is 1. The highest BCUT2D eigenvalue weighted by Crippen LogP contribution is 2.07. The van der Waals surface area contributed by atoms with E-state index in [0.29, 0.717) is 0 Å². The van der Waals surface area contributed by atoms with Gasteiger partial charge in [-0.25, -0.2) is 0 Å². The van der Waals surface area contributed by atoms with Crippen LogP contribution < -0.4 is 0 Å². The highest BCUT2D eigenvalue weighted by molar-refractivity contribution is 7.99. The second-order valence-corrected chi connectivity index (χ2v) is 3.29. The van der Waals surface area contributed by atoms with Gasteiger partial charge in [0.1, 0.15) is 0 Å². The Morgan fingerprint density at radius 1 is 1.62 bits per heavy atom. The maximum Gasteiger partial charge on any atom is 0.0427 e. The van der Waals surface area contributed by atoms with Crippen LogP contribution >= 0.6 is 23.4 Å². The Hall–Kier alpha value is 0.640. The van der Waals surface area contributed by atoms with Gasteiger partial charge >= 0.3 is 0 Å². The summed E-state index contributed by atoms with van der Waals surface area (Å²) in [6, 6.07) is 0. The highest BCUT2D eigenvalue weighted by Gasteiger charge is 1.93. The van der Waals surface area contributed by atoms with Gasteiger partial charge in [-0.1, -0.05) is 6.92 Å². The smallest absolute Gasteiger partial charge is 0.0427 e. The first-order chi connectivity index (χ1) is 3.77. The van der Waals surface area contributed by atoms with Gasteiger partial charge in [-0.15, -0.1) is 11.6 Å². The van der Waals surface area contributed by atoms with Crippen molar-refractivity contribution in [2.75, 3.05) is 11.5 Å². The molecule has 0 nitrogen and oxygen atoms in total. The molecule has 0 heterocycles. The Morgan fingerprint density at radius 3 is 2.62 bits per heavy atom. The fourth-order valence-electron chi connectivity index (χ4n) is 0.313. The van der Waals surface area contributed by atoms with Crippen LogP contribution in [0.5, 0.6) is 0 Å². The first kappa shape index (κ1) is 8.64. The first-order valence-corrected chi connectivity index (χ1v) is 4.20. The molecular formula is C6H11ClS. The van der Waals surface area contributed by atoms with Crippen LogP contribution in [0.3, 0.4) is 0 Å². The zero-order valence-corrected chi connectivity index (χ0v) is 6.47. The average molecular weight is 151 g/mol. The van der Waals surface area contributed by atoms with Gasteiger partial charge in [0.05, 0.1) is 0 Å². The molecule has 0 fully saturated rings. The van der Waals surface area contributed by atoms with E-state index < -0.39 is 0 Å². The SMILES string of the molecule is [CH2]CCSCC([CH2])Cl.